The van der Waals surface area contributed by atoms with Crippen LogP contribution in [0, 0.1) is 5.92 Å². The average Bonchev–Trinajstić information content (AvgIpc) is 2.17. The molecule has 0 amide bonds. The molecular formula is C7H15NO. The lowest BCUT2D eigenvalue weighted by atomic mass is 10.1. The summed E-state index contributed by atoms with van der Waals surface area (Å²) in [6, 6.07) is 0.699. The lowest BCUT2D eigenvalue weighted by Gasteiger charge is -2.04. The molecule has 1 rings (SSSR count). The second-order valence-electron chi connectivity index (χ2n) is 2.87. The SMILES string of the molecule is COC[C@@H]1CN[C@H](C)C1. The monoisotopic (exact) mass is 129 g/mol. The van der Waals surface area contributed by atoms with E-state index in [-0.39, 0.29) is 0 Å². The van der Waals surface area contributed by atoms with E-state index in [1.807, 2.05) is 0 Å². The van der Waals surface area contributed by atoms with Gasteiger partial charge in [0.15, 0.2) is 0 Å². The molecule has 0 radical (unpaired) electrons. The van der Waals surface area contributed by atoms with Gasteiger partial charge in [-0.3, -0.25) is 0 Å². The van der Waals surface area contributed by atoms with Gasteiger partial charge >= 0.3 is 0 Å². The molecule has 2 nitrogen and oxygen atoms in total. The van der Waals surface area contributed by atoms with E-state index in [1.165, 1.54) is 6.42 Å². The van der Waals surface area contributed by atoms with Gasteiger partial charge in [0, 0.05) is 19.7 Å². The zero-order valence-electron chi connectivity index (χ0n) is 6.18. The van der Waals surface area contributed by atoms with Crippen LogP contribution in [0.15, 0.2) is 0 Å². The minimum atomic E-state index is 0.699. The Kier molecular flexibility index (Phi) is 2.49. The van der Waals surface area contributed by atoms with Gasteiger partial charge in [0.2, 0.25) is 0 Å². The van der Waals surface area contributed by atoms with Crippen molar-refractivity contribution in [2.75, 3.05) is 20.3 Å². The van der Waals surface area contributed by atoms with Gasteiger partial charge < -0.3 is 10.1 Å². The van der Waals surface area contributed by atoms with Gasteiger partial charge in [-0.15, -0.1) is 0 Å². The topological polar surface area (TPSA) is 21.3 Å². The molecule has 0 aliphatic carbocycles. The highest BCUT2D eigenvalue weighted by molar-refractivity contribution is 4.77. The van der Waals surface area contributed by atoms with E-state index in [4.69, 9.17) is 4.74 Å². The molecule has 54 valence electrons. The van der Waals surface area contributed by atoms with Gasteiger partial charge in [-0.1, -0.05) is 0 Å². The van der Waals surface area contributed by atoms with E-state index in [0.717, 1.165) is 19.1 Å². The molecular weight excluding hydrogens is 114 g/mol. The van der Waals surface area contributed by atoms with Crippen molar-refractivity contribution in [2.24, 2.45) is 5.92 Å². The summed E-state index contributed by atoms with van der Waals surface area (Å²) < 4.78 is 5.03. The van der Waals surface area contributed by atoms with Crippen molar-refractivity contribution in [2.45, 2.75) is 19.4 Å². The van der Waals surface area contributed by atoms with Crippen LogP contribution >= 0.6 is 0 Å². The summed E-state index contributed by atoms with van der Waals surface area (Å²) in [4.78, 5) is 0. The van der Waals surface area contributed by atoms with Gasteiger partial charge in [-0.25, -0.2) is 0 Å². The molecule has 0 spiro atoms. The summed E-state index contributed by atoms with van der Waals surface area (Å²) in [6.07, 6.45) is 1.27. The van der Waals surface area contributed by atoms with E-state index in [0.29, 0.717) is 6.04 Å². The molecule has 0 aromatic heterocycles. The van der Waals surface area contributed by atoms with Crippen LogP contribution in [0.2, 0.25) is 0 Å². The van der Waals surface area contributed by atoms with Crippen molar-refractivity contribution >= 4 is 0 Å². The number of hydrogen-bond donors (Lipinski definition) is 1. The maximum atomic E-state index is 5.03. The Morgan fingerprint density at radius 1 is 1.67 bits per heavy atom. The Labute approximate surface area is 56.6 Å². The molecule has 1 saturated heterocycles. The molecule has 0 aromatic rings. The van der Waals surface area contributed by atoms with Crippen LogP contribution in [0.25, 0.3) is 0 Å². The second-order valence-corrected chi connectivity index (χ2v) is 2.87. The van der Waals surface area contributed by atoms with Gasteiger partial charge in [0.25, 0.3) is 0 Å². The molecule has 0 bridgehead atoms. The fourth-order valence-corrected chi connectivity index (χ4v) is 1.40. The summed E-state index contributed by atoms with van der Waals surface area (Å²) >= 11 is 0. The van der Waals surface area contributed by atoms with Crippen molar-refractivity contribution in [3.05, 3.63) is 0 Å². The molecule has 1 aliphatic rings. The Morgan fingerprint density at radius 2 is 2.44 bits per heavy atom. The third-order valence-corrected chi connectivity index (χ3v) is 1.84. The second kappa shape index (κ2) is 3.18. The predicted molar refractivity (Wildman–Crippen MR) is 37.4 cm³/mol. The lowest BCUT2D eigenvalue weighted by molar-refractivity contribution is 0.159. The summed E-state index contributed by atoms with van der Waals surface area (Å²) in [5.41, 5.74) is 0. The highest BCUT2D eigenvalue weighted by Gasteiger charge is 2.19. The van der Waals surface area contributed by atoms with Gasteiger partial charge in [0.1, 0.15) is 0 Å². The normalized spacial score (nSPS) is 35.3. The minimum Gasteiger partial charge on any atom is -0.384 e. The molecule has 1 fully saturated rings. The number of ether oxygens (including phenoxy) is 1. The molecule has 2 heteroatoms. The van der Waals surface area contributed by atoms with E-state index in [9.17, 15) is 0 Å². The predicted octanol–water partition coefficient (Wildman–Crippen LogP) is 0.631. The molecule has 1 aliphatic heterocycles. The van der Waals surface area contributed by atoms with E-state index < -0.39 is 0 Å². The van der Waals surface area contributed by atoms with Crippen molar-refractivity contribution in [1.82, 2.24) is 5.32 Å². The third-order valence-electron chi connectivity index (χ3n) is 1.84. The number of hydrogen-bond acceptors (Lipinski definition) is 2. The van der Waals surface area contributed by atoms with Crippen molar-refractivity contribution < 1.29 is 4.74 Å². The van der Waals surface area contributed by atoms with Gasteiger partial charge in [0.05, 0.1) is 6.61 Å². The van der Waals surface area contributed by atoms with Crippen molar-refractivity contribution in [1.29, 1.82) is 0 Å². The summed E-state index contributed by atoms with van der Waals surface area (Å²) in [7, 11) is 1.77. The minimum absolute atomic E-state index is 0.699. The standard InChI is InChI=1S/C7H15NO/c1-6-3-7(4-8-6)5-9-2/h6-8H,3-5H2,1-2H3/t6-,7+/m1/s1. The van der Waals surface area contributed by atoms with Gasteiger partial charge in [-0.2, -0.15) is 0 Å². The molecule has 0 saturated carbocycles. The Balaban J connectivity index is 2.14. The largest absolute Gasteiger partial charge is 0.384 e. The fraction of sp³-hybridized carbons (Fsp3) is 1.00. The Morgan fingerprint density at radius 3 is 2.89 bits per heavy atom. The first-order valence-corrected chi connectivity index (χ1v) is 3.55. The maximum Gasteiger partial charge on any atom is 0.0503 e. The summed E-state index contributed by atoms with van der Waals surface area (Å²) in [6.45, 7) is 4.27. The van der Waals surface area contributed by atoms with Crippen LogP contribution in [0.5, 0.6) is 0 Å². The van der Waals surface area contributed by atoms with Crippen molar-refractivity contribution in [3.63, 3.8) is 0 Å². The van der Waals surface area contributed by atoms with E-state index in [1.54, 1.807) is 7.11 Å². The third kappa shape index (κ3) is 1.95. The molecule has 0 unspecified atom stereocenters. The first-order valence-electron chi connectivity index (χ1n) is 3.55. The molecule has 0 aromatic carbocycles. The van der Waals surface area contributed by atoms with Crippen LogP contribution in [-0.4, -0.2) is 26.3 Å². The smallest absolute Gasteiger partial charge is 0.0503 e. The quantitative estimate of drug-likeness (QED) is 0.590. The highest BCUT2D eigenvalue weighted by atomic mass is 16.5. The van der Waals surface area contributed by atoms with Crippen LogP contribution in [-0.2, 0) is 4.74 Å². The first kappa shape index (κ1) is 7.03. The Hall–Kier alpha value is -0.0800. The van der Waals surface area contributed by atoms with Crippen molar-refractivity contribution in [3.8, 4) is 0 Å². The Bertz CT molecular complexity index is 83.0. The molecule has 2 atom stereocenters. The van der Waals surface area contributed by atoms with E-state index in [2.05, 4.69) is 12.2 Å². The highest BCUT2D eigenvalue weighted by Crippen LogP contribution is 2.12. The fourth-order valence-electron chi connectivity index (χ4n) is 1.40. The van der Waals surface area contributed by atoms with Crippen LogP contribution in [0.4, 0.5) is 0 Å². The zero-order chi connectivity index (χ0) is 6.69. The molecule has 9 heavy (non-hydrogen) atoms. The maximum absolute atomic E-state index is 5.03. The lowest BCUT2D eigenvalue weighted by Crippen LogP contribution is -2.17. The van der Waals surface area contributed by atoms with Crippen LogP contribution in [0.3, 0.4) is 0 Å². The number of nitrogens with one attached hydrogen (secondary N) is 1. The van der Waals surface area contributed by atoms with Gasteiger partial charge in [-0.05, 0) is 19.3 Å². The zero-order valence-corrected chi connectivity index (χ0v) is 6.18. The number of rotatable bonds is 2. The first-order chi connectivity index (χ1) is 4.33. The average molecular weight is 129 g/mol. The summed E-state index contributed by atoms with van der Waals surface area (Å²) in [5, 5.41) is 3.37. The number of methoxy groups -OCH3 is 1. The molecule has 1 N–H and O–H groups in total. The summed E-state index contributed by atoms with van der Waals surface area (Å²) in [5.74, 6) is 0.755. The van der Waals surface area contributed by atoms with E-state index >= 15 is 0 Å². The van der Waals surface area contributed by atoms with Crippen LogP contribution in [0.1, 0.15) is 13.3 Å². The molecule has 1 heterocycles. The van der Waals surface area contributed by atoms with Crippen LogP contribution < -0.4 is 5.32 Å².